The van der Waals surface area contributed by atoms with Gasteiger partial charge in [0.15, 0.2) is 26.9 Å². The van der Waals surface area contributed by atoms with Crippen LogP contribution in [-0.2, 0) is 21.1 Å². The SMILES string of the molecule is CCOc1ccc(CCNC(=O)CSc2nc3cc(S(=O)(=O)CC)ccc3o2)cc1OCC. The molecule has 0 bridgehead atoms. The monoisotopic (exact) mass is 492 g/mol. The van der Waals surface area contributed by atoms with E-state index < -0.39 is 9.84 Å². The molecule has 178 valence electrons. The number of hydrogen-bond donors (Lipinski definition) is 1. The van der Waals surface area contributed by atoms with Crippen molar-refractivity contribution in [2.75, 3.05) is 31.3 Å². The smallest absolute Gasteiger partial charge is 0.257 e. The number of carbonyl (C=O) groups excluding carboxylic acids is 1. The molecule has 10 heteroatoms. The molecule has 0 spiro atoms. The van der Waals surface area contributed by atoms with Gasteiger partial charge in [0.05, 0.1) is 29.6 Å². The van der Waals surface area contributed by atoms with E-state index in [0.29, 0.717) is 54.0 Å². The average Bonchev–Trinajstić information content (AvgIpc) is 3.22. The number of ether oxygens (including phenoxy) is 2. The largest absolute Gasteiger partial charge is 0.490 e. The summed E-state index contributed by atoms with van der Waals surface area (Å²) < 4.78 is 40.9. The number of fused-ring (bicyclic) bond motifs is 1. The number of amides is 1. The molecule has 2 aromatic carbocycles. The Labute approximate surface area is 198 Å². The molecular weight excluding hydrogens is 464 g/mol. The molecule has 0 saturated heterocycles. The van der Waals surface area contributed by atoms with Crippen molar-refractivity contribution in [3.8, 4) is 11.5 Å². The molecule has 1 N–H and O–H groups in total. The topological polar surface area (TPSA) is 108 Å². The molecule has 0 unspecified atom stereocenters. The third-order valence-electron chi connectivity index (χ3n) is 4.75. The number of hydrogen-bond acceptors (Lipinski definition) is 8. The van der Waals surface area contributed by atoms with E-state index in [1.807, 2.05) is 32.0 Å². The Balaban J connectivity index is 1.51. The molecule has 1 aromatic heterocycles. The van der Waals surface area contributed by atoms with Gasteiger partial charge in [0, 0.05) is 6.54 Å². The third kappa shape index (κ3) is 6.64. The Kier molecular flexibility index (Phi) is 8.62. The van der Waals surface area contributed by atoms with Gasteiger partial charge in [-0.15, -0.1) is 0 Å². The number of carbonyl (C=O) groups is 1. The molecule has 0 saturated carbocycles. The first-order valence-electron chi connectivity index (χ1n) is 10.8. The van der Waals surface area contributed by atoms with E-state index in [0.717, 1.165) is 17.3 Å². The minimum Gasteiger partial charge on any atom is -0.490 e. The number of oxazole rings is 1. The van der Waals surface area contributed by atoms with Gasteiger partial charge in [-0.2, -0.15) is 0 Å². The Hall–Kier alpha value is -2.72. The van der Waals surface area contributed by atoms with Crippen LogP contribution in [0, 0.1) is 0 Å². The van der Waals surface area contributed by atoms with E-state index in [1.54, 1.807) is 13.0 Å². The summed E-state index contributed by atoms with van der Waals surface area (Å²) in [5.74, 6) is 1.42. The van der Waals surface area contributed by atoms with E-state index in [-0.39, 0.29) is 22.3 Å². The molecule has 0 aliphatic carbocycles. The van der Waals surface area contributed by atoms with Crippen molar-refractivity contribution in [1.29, 1.82) is 0 Å². The normalized spacial score (nSPS) is 11.5. The maximum absolute atomic E-state index is 12.2. The number of thioether (sulfide) groups is 1. The predicted octanol–water partition coefficient (Wildman–Crippen LogP) is 3.87. The van der Waals surface area contributed by atoms with Gasteiger partial charge in [-0.1, -0.05) is 24.8 Å². The van der Waals surface area contributed by atoms with Gasteiger partial charge in [0.25, 0.3) is 5.22 Å². The molecule has 0 atom stereocenters. The predicted molar refractivity (Wildman–Crippen MR) is 128 cm³/mol. The molecule has 8 nitrogen and oxygen atoms in total. The van der Waals surface area contributed by atoms with E-state index >= 15 is 0 Å². The van der Waals surface area contributed by atoms with E-state index in [2.05, 4.69) is 10.3 Å². The zero-order valence-electron chi connectivity index (χ0n) is 18.9. The Morgan fingerprint density at radius 1 is 1.06 bits per heavy atom. The summed E-state index contributed by atoms with van der Waals surface area (Å²) in [5.41, 5.74) is 1.97. The molecule has 1 heterocycles. The van der Waals surface area contributed by atoms with Crippen LogP contribution in [0.15, 0.2) is 50.9 Å². The highest BCUT2D eigenvalue weighted by Crippen LogP contribution is 2.29. The number of sulfone groups is 1. The fraction of sp³-hybridized carbons (Fsp3) is 0.391. The van der Waals surface area contributed by atoms with Crippen molar-refractivity contribution >= 4 is 38.6 Å². The molecule has 33 heavy (non-hydrogen) atoms. The van der Waals surface area contributed by atoms with Crippen LogP contribution < -0.4 is 14.8 Å². The van der Waals surface area contributed by atoms with Crippen molar-refractivity contribution in [2.24, 2.45) is 0 Å². The molecule has 3 aromatic rings. The second-order valence-electron chi connectivity index (χ2n) is 7.05. The highest BCUT2D eigenvalue weighted by Gasteiger charge is 2.15. The van der Waals surface area contributed by atoms with E-state index in [4.69, 9.17) is 13.9 Å². The van der Waals surface area contributed by atoms with Gasteiger partial charge in [0.1, 0.15) is 5.52 Å². The number of aromatic nitrogens is 1. The number of rotatable bonds is 12. The molecule has 0 aliphatic heterocycles. The summed E-state index contributed by atoms with van der Waals surface area (Å²) in [6, 6.07) is 10.4. The lowest BCUT2D eigenvalue weighted by molar-refractivity contribution is -0.118. The maximum Gasteiger partial charge on any atom is 0.257 e. The highest BCUT2D eigenvalue weighted by molar-refractivity contribution is 7.99. The summed E-state index contributed by atoms with van der Waals surface area (Å²) in [6.07, 6.45) is 0.653. The Morgan fingerprint density at radius 3 is 2.55 bits per heavy atom. The first-order chi connectivity index (χ1) is 15.9. The van der Waals surface area contributed by atoms with E-state index in [9.17, 15) is 13.2 Å². The summed E-state index contributed by atoms with van der Waals surface area (Å²) >= 11 is 1.16. The number of nitrogens with one attached hydrogen (secondary N) is 1. The Bertz CT molecular complexity index is 1210. The third-order valence-corrected chi connectivity index (χ3v) is 7.31. The zero-order valence-corrected chi connectivity index (χ0v) is 20.6. The van der Waals surface area contributed by atoms with Gasteiger partial charge in [-0.25, -0.2) is 13.4 Å². The fourth-order valence-electron chi connectivity index (χ4n) is 3.08. The Morgan fingerprint density at radius 2 is 1.82 bits per heavy atom. The van der Waals surface area contributed by atoms with Gasteiger partial charge in [0.2, 0.25) is 5.91 Å². The van der Waals surface area contributed by atoms with Gasteiger partial charge >= 0.3 is 0 Å². The molecule has 1 amide bonds. The summed E-state index contributed by atoms with van der Waals surface area (Å²) in [4.78, 5) is 16.7. The van der Waals surface area contributed by atoms with Crippen molar-refractivity contribution < 1.29 is 27.1 Å². The van der Waals surface area contributed by atoms with Gasteiger partial charge < -0.3 is 19.2 Å². The number of benzene rings is 2. The minimum atomic E-state index is -3.32. The summed E-state index contributed by atoms with van der Waals surface area (Å²) in [5, 5.41) is 3.20. The maximum atomic E-state index is 12.2. The van der Waals surface area contributed by atoms with Crippen LogP contribution in [0.25, 0.3) is 11.1 Å². The van der Waals surface area contributed by atoms with E-state index in [1.165, 1.54) is 12.1 Å². The average molecular weight is 493 g/mol. The minimum absolute atomic E-state index is 0.0156. The molecule has 3 rings (SSSR count). The lowest BCUT2D eigenvalue weighted by atomic mass is 10.1. The van der Waals surface area contributed by atoms with Crippen LogP contribution in [0.1, 0.15) is 26.3 Å². The van der Waals surface area contributed by atoms with Crippen LogP contribution in [0.5, 0.6) is 11.5 Å². The van der Waals surface area contributed by atoms with Crippen LogP contribution in [0.4, 0.5) is 0 Å². The van der Waals surface area contributed by atoms with Crippen LogP contribution in [0.3, 0.4) is 0 Å². The van der Waals surface area contributed by atoms with Gasteiger partial charge in [-0.3, -0.25) is 4.79 Å². The van der Waals surface area contributed by atoms with Crippen LogP contribution >= 0.6 is 11.8 Å². The molecule has 0 fully saturated rings. The lowest BCUT2D eigenvalue weighted by Crippen LogP contribution is -2.27. The van der Waals surface area contributed by atoms with Crippen LogP contribution in [0.2, 0.25) is 0 Å². The zero-order chi connectivity index (χ0) is 23.8. The van der Waals surface area contributed by atoms with Gasteiger partial charge in [-0.05, 0) is 56.2 Å². The lowest BCUT2D eigenvalue weighted by Gasteiger charge is -2.12. The summed E-state index contributed by atoms with van der Waals surface area (Å²) in [7, 11) is -3.32. The molecule has 0 radical (unpaired) electrons. The summed E-state index contributed by atoms with van der Waals surface area (Å²) in [6.45, 7) is 7.02. The standard InChI is InChI=1S/C23H28N2O6S2/c1-4-29-20-9-7-16(13-21(20)30-5-2)11-12-24-22(26)15-32-23-25-18-14-17(33(27,28)6-3)8-10-19(18)31-23/h7-10,13-14H,4-6,11-12,15H2,1-3H3,(H,24,26). The van der Waals surface area contributed by atoms with Crippen molar-refractivity contribution in [3.05, 3.63) is 42.0 Å². The molecular formula is C23H28N2O6S2. The second-order valence-corrected chi connectivity index (χ2v) is 10.3. The second kappa shape index (κ2) is 11.4. The first-order valence-corrected chi connectivity index (χ1v) is 13.4. The number of nitrogens with zero attached hydrogens (tertiary/aromatic N) is 1. The van der Waals surface area contributed by atoms with Crippen molar-refractivity contribution in [1.82, 2.24) is 10.3 Å². The first kappa shape index (κ1) is 24.9. The van der Waals surface area contributed by atoms with Crippen molar-refractivity contribution in [2.45, 2.75) is 37.3 Å². The fourth-order valence-corrected chi connectivity index (χ4v) is 4.65. The highest BCUT2D eigenvalue weighted by atomic mass is 32.2. The van der Waals surface area contributed by atoms with Crippen molar-refractivity contribution in [3.63, 3.8) is 0 Å². The van der Waals surface area contributed by atoms with Crippen LogP contribution in [-0.4, -0.2) is 50.6 Å². The quantitative estimate of drug-likeness (QED) is 0.380. The molecule has 0 aliphatic rings.